The zero-order valence-corrected chi connectivity index (χ0v) is 12.8. The van der Waals surface area contributed by atoms with Crippen molar-refractivity contribution in [1.29, 1.82) is 0 Å². The molecule has 96 valence electrons. The fourth-order valence-electron chi connectivity index (χ4n) is 2.20. The second kappa shape index (κ2) is 5.14. The molecule has 0 aliphatic heterocycles. The Bertz CT molecular complexity index is 549. The van der Waals surface area contributed by atoms with Crippen LogP contribution in [0, 0.1) is 20.8 Å². The van der Waals surface area contributed by atoms with Gasteiger partial charge in [0.15, 0.2) is 0 Å². The molecule has 0 saturated carbocycles. The van der Waals surface area contributed by atoms with Crippen LogP contribution >= 0.6 is 15.9 Å². The maximum Gasteiger partial charge on any atom is 0.0643 e. The van der Waals surface area contributed by atoms with E-state index in [0.717, 1.165) is 16.7 Å². The van der Waals surface area contributed by atoms with Gasteiger partial charge in [-0.05, 0) is 44.0 Å². The SMILES string of the molecule is Cc1cc(Br)cc(C)c1NCc1cn(C)nc1C. The highest BCUT2D eigenvalue weighted by atomic mass is 79.9. The van der Waals surface area contributed by atoms with Gasteiger partial charge in [0.1, 0.15) is 0 Å². The molecule has 0 bridgehead atoms. The van der Waals surface area contributed by atoms with E-state index in [4.69, 9.17) is 0 Å². The molecule has 0 radical (unpaired) electrons. The van der Waals surface area contributed by atoms with Crippen molar-refractivity contribution >= 4 is 21.6 Å². The van der Waals surface area contributed by atoms with Gasteiger partial charge in [-0.3, -0.25) is 4.68 Å². The molecule has 1 heterocycles. The summed E-state index contributed by atoms with van der Waals surface area (Å²) in [6.45, 7) is 7.09. The van der Waals surface area contributed by atoms with Gasteiger partial charge >= 0.3 is 0 Å². The van der Waals surface area contributed by atoms with Crippen molar-refractivity contribution in [3.8, 4) is 0 Å². The number of hydrogen-bond donors (Lipinski definition) is 1. The molecule has 4 heteroatoms. The highest BCUT2D eigenvalue weighted by molar-refractivity contribution is 9.10. The first kappa shape index (κ1) is 13.1. The lowest BCUT2D eigenvalue weighted by molar-refractivity contribution is 0.756. The number of benzene rings is 1. The summed E-state index contributed by atoms with van der Waals surface area (Å²) in [5, 5.41) is 7.86. The van der Waals surface area contributed by atoms with Crippen LogP contribution in [0.15, 0.2) is 22.8 Å². The lowest BCUT2D eigenvalue weighted by Crippen LogP contribution is -2.03. The number of aryl methyl sites for hydroxylation is 4. The van der Waals surface area contributed by atoms with E-state index in [1.54, 1.807) is 0 Å². The van der Waals surface area contributed by atoms with Gasteiger partial charge in [-0.2, -0.15) is 5.10 Å². The van der Waals surface area contributed by atoms with Crippen LogP contribution in [0.25, 0.3) is 0 Å². The van der Waals surface area contributed by atoms with Crippen LogP contribution in [0.1, 0.15) is 22.4 Å². The number of hydrogen-bond acceptors (Lipinski definition) is 2. The first-order valence-electron chi connectivity index (χ1n) is 5.97. The molecule has 0 saturated heterocycles. The van der Waals surface area contributed by atoms with Gasteiger partial charge < -0.3 is 5.32 Å². The summed E-state index contributed by atoms with van der Waals surface area (Å²) in [5.74, 6) is 0. The molecule has 0 aliphatic rings. The Morgan fingerprint density at radius 1 is 1.22 bits per heavy atom. The normalized spacial score (nSPS) is 10.7. The van der Waals surface area contributed by atoms with Crippen LogP contribution in [0.4, 0.5) is 5.69 Å². The van der Waals surface area contributed by atoms with E-state index >= 15 is 0 Å². The molecule has 2 aromatic rings. The monoisotopic (exact) mass is 307 g/mol. The van der Waals surface area contributed by atoms with Crippen molar-refractivity contribution in [2.75, 3.05) is 5.32 Å². The van der Waals surface area contributed by atoms with E-state index in [1.165, 1.54) is 22.4 Å². The van der Waals surface area contributed by atoms with Gasteiger partial charge in [-0.15, -0.1) is 0 Å². The summed E-state index contributed by atoms with van der Waals surface area (Å²) < 4.78 is 2.98. The molecule has 3 nitrogen and oxygen atoms in total. The third kappa shape index (κ3) is 2.75. The van der Waals surface area contributed by atoms with Crippen LogP contribution in [0.3, 0.4) is 0 Å². The third-order valence-electron chi connectivity index (χ3n) is 3.07. The molecule has 0 amide bonds. The van der Waals surface area contributed by atoms with Gasteiger partial charge in [0.25, 0.3) is 0 Å². The van der Waals surface area contributed by atoms with Gasteiger partial charge in [-0.1, -0.05) is 15.9 Å². The van der Waals surface area contributed by atoms with Crippen molar-refractivity contribution in [2.24, 2.45) is 7.05 Å². The summed E-state index contributed by atoms with van der Waals surface area (Å²) in [4.78, 5) is 0. The Morgan fingerprint density at radius 2 is 1.83 bits per heavy atom. The van der Waals surface area contributed by atoms with Crippen molar-refractivity contribution < 1.29 is 0 Å². The molecule has 18 heavy (non-hydrogen) atoms. The van der Waals surface area contributed by atoms with Crippen LogP contribution in [-0.4, -0.2) is 9.78 Å². The molecule has 0 unspecified atom stereocenters. The average molecular weight is 308 g/mol. The Morgan fingerprint density at radius 3 is 2.33 bits per heavy atom. The summed E-state index contributed by atoms with van der Waals surface area (Å²) >= 11 is 3.52. The lowest BCUT2D eigenvalue weighted by Gasteiger charge is -2.13. The summed E-state index contributed by atoms with van der Waals surface area (Å²) in [6.07, 6.45) is 2.06. The van der Waals surface area contributed by atoms with Crippen molar-refractivity contribution in [3.63, 3.8) is 0 Å². The first-order valence-corrected chi connectivity index (χ1v) is 6.76. The van der Waals surface area contributed by atoms with E-state index in [9.17, 15) is 0 Å². The lowest BCUT2D eigenvalue weighted by atomic mass is 10.1. The largest absolute Gasteiger partial charge is 0.380 e. The second-order valence-electron chi connectivity index (χ2n) is 4.68. The molecule has 0 spiro atoms. The second-order valence-corrected chi connectivity index (χ2v) is 5.60. The van der Waals surface area contributed by atoms with Crippen molar-refractivity contribution in [1.82, 2.24) is 9.78 Å². The number of anilines is 1. The van der Waals surface area contributed by atoms with Gasteiger partial charge in [-0.25, -0.2) is 0 Å². The molecule has 0 atom stereocenters. The smallest absolute Gasteiger partial charge is 0.0643 e. The summed E-state index contributed by atoms with van der Waals surface area (Å²) in [7, 11) is 1.95. The van der Waals surface area contributed by atoms with E-state index in [-0.39, 0.29) is 0 Å². The maximum absolute atomic E-state index is 4.35. The fraction of sp³-hybridized carbons (Fsp3) is 0.357. The van der Waals surface area contributed by atoms with Crippen molar-refractivity contribution in [2.45, 2.75) is 27.3 Å². The van der Waals surface area contributed by atoms with Gasteiger partial charge in [0.05, 0.1) is 5.69 Å². The Balaban J connectivity index is 2.18. The molecule has 2 rings (SSSR count). The number of rotatable bonds is 3. The quantitative estimate of drug-likeness (QED) is 0.936. The van der Waals surface area contributed by atoms with E-state index in [0.29, 0.717) is 0 Å². The molecule has 0 aliphatic carbocycles. The molecule has 1 aromatic heterocycles. The molecular weight excluding hydrogens is 290 g/mol. The van der Waals surface area contributed by atoms with E-state index in [1.807, 2.05) is 18.7 Å². The minimum atomic E-state index is 0.809. The molecular formula is C14H18BrN3. The summed E-state index contributed by atoms with van der Waals surface area (Å²) in [6, 6.07) is 4.26. The summed E-state index contributed by atoms with van der Waals surface area (Å²) in [5.41, 5.74) is 6.03. The zero-order valence-electron chi connectivity index (χ0n) is 11.2. The van der Waals surface area contributed by atoms with Gasteiger partial charge in [0.2, 0.25) is 0 Å². The van der Waals surface area contributed by atoms with Crippen LogP contribution in [0.5, 0.6) is 0 Å². The maximum atomic E-state index is 4.35. The molecule has 0 fully saturated rings. The Hall–Kier alpha value is -1.29. The molecule has 1 N–H and O–H groups in total. The van der Waals surface area contributed by atoms with Crippen LogP contribution in [-0.2, 0) is 13.6 Å². The average Bonchev–Trinajstić information content (AvgIpc) is 2.55. The van der Waals surface area contributed by atoms with E-state index in [2.05, 4.69) is 58.5 Å². The van der Waals surface area contributed by atoms with Crippen molar-refractivity contribution in [3.05, 3.63) is 45.2 Å². The first-order chi connectivity index (χ1) is 8.47. The zero-order chi connectivity index (χ0) is 13.3. The van der Waals surface area contributed by atoms with Crippen LogP contribution in [0.2, 0.25) is 0 Å². The third-order valence-corrected chi connectivity index (χ3v) is 3.53. The van der Waals surface area contributed by atoms with Gasteiger partial charge in [0, 0.05) is 35.5 Å². The highest BCUT2D eigenvalue weighted by Gasteiger charge is 2.06. The van der Waals surface area contributed by atoms with E-state index < -0.39 is 0 Å². The Labute approximate surface area is 116 Å². The standard InChI is InChI=1S/C14H18BrN3/c1-9-5-13(15)6-10(2)14(9)16-7-12-8-18(4)17-11(12)3/h5-6,8,16H,7H2,1-4H3. The minimum absolute atomic E-state index is 0.809. The fourth-order valence-corrected chi connectivity index (χ4v) is 2.88. The van der Waals surface area contributed by atoms with Crippen LogP contribution < -0.4 is 5.32 Å². The minimum Gasteiger partial charge on any atom is -0.380 e. The predicted molar refractivity (Wildman–Crippen MR) is 78.9 cm³/mol. The number of nitrogens with one attached hydrogen (secondary N) is 1. The number of aromatic nitrogens is 2. The molecule has 1 aromatic carbocycles. The predicted octanol–water partition coefficient (Wildman–Crippen LogP) is 3.72. The highest BCUT2D eigenvalue weighted by Crippen LogP contribution is 2.25. The number of halogens is 1. The topological polar surface area (TPSA) is 29.9 Å². The Kier molecular flexibility index (Phi) is 3.76. The number of nitrogens with zero attached hydrogens (tertiary/aromatic N) is 2.